The lowest BCUT2D eigenvalue weighted by Crippen LogP contribution is -2.43. The van der Waals surface area contributed by atoms with Gasteiger partial charge in [-0.3, -0.25) is 14.4 Å². The number of nitrogens with one attached hydrogen (secondary N) is 1. The van der Waals surface area contributed by atoms with Gasteiger partial charge >= 0.3 is 0 Å². The topological polar surface area (TPSA) is 203 Å². The molecule has 0 aromatic carbocycles. The Morgan fingerprint density at radius 3 is 2.02 bits per heavy atom. The van der Waals surface area contributed by atoms with Crippen LogP contribution in [0.1, 0.15) is 71.9 Å². The predicted molar refractivity (Wildman–Crippen MR) is 157 cm³/mol. The number of imidazole rings is 1. The maximum Gasteiger partial charge on any atom is 0.222 e. The SMILES string of the molecule is CC1CC(=O)CC(=O)C1.CCCC(=O)N1CCS(=O)(=O)CC1.C[C@@H](N)Cc1cnc[nH]1.C[C@H](N)CCS(C)(=O)=O. The minimum absolute atomic E-state index is 0.0141. The van der Waals surface area contributed by atoms with Crippen molar-refractivity contribution in [2.45, 2.75) is 84.7 Å². The van der Waals surface area contributed by atoms with Gasteiger partial charge in [0.1, 0.15) is 21.4 Å². The zero-order valence-electron chi connectivity index (χ0n) is 24.6. The van der Waals surface area contributed by atoms with E-state index in [1.165, 1.54) is 6.26 Å². The molecule has 1 aromatic rings. The van der Waals surface area contributed by atoms with Gasteiger partial charge in [-0.05, 0) is 32.6 Å². The van der Waals surface area contributed by atoms with Crippen molar-refractivity contribution in [3.63, 3.8) is 0 Å². The van der Waals surface area contributed by atoms with E-state index in [9.17, 15) is 31.2 Å². The molecule has 40 heavy (non-hydrogen) atoms. The molecule has 2 atom stereocenters. The normalized spacial score (nSPS) is 18.6. The molecule has 0 unspecified atom stereocenters. The summed E-state index contributed by atoms with van der Waals surface area (Å²) in [5, 5.41) is 0. The second-order valence-electron chi connectivity index (χ2n) is 10.7. The average molecular weight is 608 g/mol. The number of rotatable bonds is 7. The molecule has 1 aliphatic heterocycles. The Morgan fingerprint density at radius 1 is 1.12 bits per heavy atom. The fourth-order valence-electron chi connectivity index (χ4n) is 3.69. The molecular weight excluding hydrogens is 558 g/mol. The van der Waals surface area contributed by atoms with Gasteiger partial charge in [-0.2, -0.15) is 0 Å². The summed E-state index contributed by atoms with van der Waals surface area (Å²) in [6, 6.07) is 0.199. The van der Waals surface area contributed by atoms with Crippen LogP contribution in [0.25, 0.3) is 0 Å². The number of hydrogen-bond acceptors (Lipinski definition) is 10. The first-order valence-corrected chi connectivity index (χ1v) is 17.5. The van der Waals surface area contributed by atoms with Crippen molar-refractivity contribution in [2.24, 2.45) is 17.4 Å². The summed E-state index contributed by atoms with van der Waals surface area (Å²) in [5.74, 6) is 1.05. The van der Waals surface area contributed by atoms with Crippen molar-refractivity contribution >= 4 is 37.1 Å². The van der Waals surface area contributed by atoms with Crippen LogP contribution in [0.5, 0.6) is 0 Å². The number of amides is 1. The molecule has 0 spiro atoms. The van der Waals surface area contributed by atoms with Gasteiger partial charge in [0.15, 0.2) is 9.84 Å². The summed E-state index contributed by atoms with van der Waals surface area (Å²) in [7, 11) is -5.66. The van der Waals surface area contributed by atoms with Crippen molar-refractivity contribution in [3.8, 4) is 0 Å². The highest BCUT2D eigenvalue weighted by Gasteiger charge is 2.24. The Kier molecular flexibility index (Phi) is 18.0. The third kappa shape index (κ3) is 20.7. The molecule has 2 fully saturated rings. The monoisotopic (exact) mass is 607 g/mol. The Balaban J connectivity index is 0.000000515. The van der Waals surface area contributed by atoms with Crippen LogP contribution in [0.2, 0.25) is 0 Å². The Labute approximate surface area is 239 Å². The first kappa shape index (κ1) is 37.8. The summed E-state index contributed by atoms with van der Waals surface area (Å²) in [6.45, 7) is 8.40. The van der Waals surface area contributed by atoms with E-state index in [0.717, 1.165) is 18.5 Å². The van der Waals surface area contributed by atoms with Crippen LogP contribution in [0.15, 0.2) is 12.5 Å². The molecule has 3 rings (SSSR count). The number of aromatic amines is 1. The van der Waals surface area contributed by atoms with Gasteiger partial charge in [0.25, 0.3) is 0 Å². The van der Waals surface area contributed by atoms with Gasteiger partial charge in [0.05, 0.1) is 30.0 Å². The van der Waals surface area contributed by atoms with Gasteiger partial charge in [-0.1, -0.05) is 13.8 Å². The predicted octanol–water partition coefficient (Wildman–Crippen LogP) is 1.06. The van der Waals surface area contributed by atoms with Crippen molar-refractivity contribution in [1.29, 1.82) is 0 Å². The van der Waals surface area contributed by atoms with E-state index in [1.54, 1.807) is 24.3 Å². The maximum atomic E-state index is 11.3. The molecule has 0 bridgehead atoms. The first-order valence-electron chi connectivity index (χ1n) is 13.6. The van der Waals surface area contributed by atoms with Crippen LogP contribution in [0.3, 0.4) is 0 Å². The number of sulfone groups is 2. The number of H-pyrrole nitrogens is 1. The lowest BCUT2D eigenvalue weighted by molar-refractivity contribution is -0.132. The minimum Gasteiger partial charge on any atom is -0.348 e. The zero-order chi connectivity index (χ0) is 30.9. The molecule has 2 heterocycles. The molecular formula is C26H49N5O7S2. The van der Waals surface area contributed by atoms with Crippen molar-refractivity contribution in [1.82, 2.24) is 14.9 Å². The van der Waals surface area contributed by atoms with Crippen molar-refractivity contribution < 1.29 is 31.2 Å². The number of carbonyl (C=O) groups is 3. The van der Waals surface area contributed by atoms with Crippen molar-refractivity contribution in [3.05, 3.63) is 18.2 Å². The highest BCUT2D eigenvalue weighted by molar-refractivity contribution is 7.91. The second-order valence-corrected chi connectivity index (χ2v) is 15.3. The van der Waals surface area contributed by atoms with Crippen LogP contribution in [0, 0.1) is 5.92 Å². The maximum absolute atomic E-state index is 11.3. The molecule has 14 heteroatoms. The largest absolute Gasteiger partial charge is 0.348 e. The van der Waals surface area contributed by atoms with Crippen molar-refractivity contribution in [2.75, 3.05) is 36.6 Å². The molecule has 1 aliphatic carbocycles. The van der Waals surface area contributed by atoms with Crippen LogP contribution in [-0.4, -0.2) is 97.9 Å². The summed E-state index contributed by atoms with van der Waals surface area (Å²) in [5.41, 5.74) is 12.0. The fourth-order valence-corrected chi connectivity index (χ4v) is 5.69. The van der Waals surface area contributed by atoms with Crippen LogP contribution in [0.4, 0.5) is 0 Å². The van der Waals surface area contributed by atoms with E-state index in [1.807, 2.05) is 20.8 Å². The third-order valence-electron chi connectivity index (χ3n) is 5.75. The number of nitrogens with zero attached hydrogens (tertiary/aromatic N) is 2. The zero-order valence-corrected chi connectivity index (χ0v) is 26.2. The van der Waals surface area contributed by atoms with E-state index in [4.69, 9.17) is 11.5 Å². The van der Waals surface area contributed by atoms with E-state index < -0.39 is 19.7 Å². The van der Waals surface area contributed by atoms with E-state index in [0.29, 0.717) is 44.7 Å². The highest BCUT2D eigenvalue weighted by Crippen LogP contribution is 2.17. The lowest BCUT2D eigenvalue weighted by atomic mass is 9.89. The van der Waals surface area contributed by atoms with Crippen LogP contribution < -0.4 is 11.5 Å². The van der Waals surface area contributed by atoms with Gasteiger partial charge in [-0.15, -0.1) is 0 Å². The Morgan fingerprint density at radius 2 is 1.68 bits per heavy atom. The number of ketones is 2. The molecule has 12 nitrogen and oxygen atoms in total. The van der Waals surface area contributed by atoms with Gasteiger partial charge in [0, 0.05) is 69.0 Å². The molecule has 1 saturated carbocycles. The summed E-state index contributed by atoms with van der Waals surface area (Å²) in [4.78, 5) is 41.2. The Bertz CT molecular complexity index is 1070. The number of carbonyl (C=O) groups excluding carboxylic acids is 3. The molecule has 0 radical (unpaired) electrons. The summed E-state index contributed by atoms with van der Waals surface area (Å²) in [6.07, 6.45) is 8.85. The first-order chi connectivity index (χ1) is 18.4. The third-order valence-corrected chi connectivity index (χ3v) is 8.33. The van der Waals surface area contributed by atoms with Gasteiger partial charge < -0.3 is 21.4 Å². The summed E-state index contributed by atoms with van der Waals surface area (Å²) >= 11 is 0. The molecule has 232 valence electrons. The highest BCUT2D eigenvalue weighted by atomic mass is 32.2. The molecule has 1 amide bonds. The lowest BCUT2D eigenvalue weighted by Gasteiger charge is -2.26. The van der Waals surface area contributed by atoms with E-state index >= 15 is 0 Å². The standard InChI is InChI=1S/C8H15NO3S.C7H10O2.C6H11N3.C5H13NO2S/c1-2-3-8(10)9-4-6-13(11,12)7-5-9;1-5-2-6(8)4-7(9)3-5;1-5(7)2-6-3-8-4-9-6;1-5(6)3-4-9(2,7)8/h2-7H2,1H3;5H,2-4H2,1H3;3-5H,2,7H2,1H3,(H,8,9);5H,3-4,6H2,1-2H3/t;;2*5-/m..10/s1. The second kappa shape index (κ2) is 19.1. The fraction of sp³-hybridized carbons (Fsp3) is 0.769. The molecule has 1 aromatic heterocycles. The number of hydrogen-bond donors (Lipinski definition) is 3. The minimum atomic E-state index is -2.86. The molecule has 5 N–H and O–H groups in total. The van der Waals surface area contributed by atoms with E-state index in [-0.39, 0.29) is 53.2 Å². The number of aromatic nitrogens is 2. The van der Waals surface area contributed by atoms with Crippen LogP contribution in [-0.2, 0) is 40.5 Å². The average Bonchev–Trinajstić information content (AvgIpc) is 3.30. The van der Waals surface area contributed by atoms with Crippen LogP contribution >= 0.6 is 0 Å². The summed E-state index contributed by atoms with van der Waals surface area (Å²) < 4.78 is 43.0. The number of Topliss-reactive ketones (excluding diaryl/α,β-unsaturated/α-hetero) is 2. The molecule has 1 saturated heterocycles. The Hall–Kier alpha value is -2.16. The number of nitrogens with two attached hydrogens (primary N) is 2. The smallest absolute Gasteiger partial charge is 0.222 e. The van der Waals surface area contributed by atoms with Gasteiger partial charge in [-0.25, -0.2) is 21.8 Å². The van der Waals surface area contributed by atoms with E-state index in [2.05, 4.69) is 9.97 Å². The van der Waals surface area contributed by atoms with Gasteiger partial charge in [0.2, 0.25) is 5.91 Å². The quantitative estimate of drug-likeness (QED) is 0.376. The molecule has 2 aliphatic rings.